The van der Waals surface area contributed by atoms with Crippen LogP contribution in [0.25, 0.3) is 0 Å². The zero-order valence-corrected chi connectivity index (χ0v) is 69.0. The largest absolute Gasteiger partial charge is 0.481 e. The Morgan fingerprint density at radius 2 is 0.598 bits per heavy atom. The summed E-state index contributed by atoms with van der Waals surface area (Å²) in [4.78, 5) is 56.5. The van der Waals surface area contributed by atoms with Crippen LogP contribution in [0.2, 0.25) is 0 Å². The molecule has 12 saturated carbocycles. The van der Waals surface area contributed by atoms with Gasteiger partial charge in [0.2, 0.25) is 0 Å². The first-order valence-electron chi connectivity index (χ1n) is 46.2. The lowest BCUT2D eigenvalue weighted by Gasteiger charge is -2.32. The van der Waals surface area contributed by atoms with E-state index in [4.69, 9.17) is 29.4 Å². The lowest BCUT2D eigenvalue weighted by Crippen LogP contribution is -2.49. The van der Waals surface area contributed by atoms with Crippen molar-refractivity contribution in [3.05, 3.63) is 0 Å². The van der Waals surface area contributed by atoms with Gasteiger partial charge < -0.3 is 57.1 Å². The molecule has 107 heavy (non-hydrogen) atoms. The molecule has 0 unspecified atom stereocenters. The summed E-state index contributed by atoms with van der Waals surface area (Å²) in [5.41, 5.74) is -0.597. The Bertz CT molecular complexity index is 2480. The van der Waals surface area contributed by atoms with Crippen LogP contribution < -0.4 is 42.5 Å². The minimum Gasteiger partial charge on any atom is -0.481 e. The van der Waals surface area contributed by atoms with Gasteiger partial charge in [0.15, 0.2) is 23.8 Å². The minimum absolute atomic E-state index is 0.0270. The number of aliphatic carboxylic acids is 1. The van der Waals surface area contributed by atoms with Gasteiger partial charge in [0.25, 0.3) is 0 Å². The van der Waals surface area contributed by atoms with Crippen LogP contribution in [0.1, 0.15) is 420 Å². The van der Waals surface area contributed by atoms with Gasteiger partial charge in [0.1, 0.15) is 11.2 Å². The molecule has 12 aliphatic carbocycles. The molecule has 0 radical (unpaired) electrons. The number of rotatable bonds is 20. The molecule has 12 aliphatic rings. The van der Waals surface area contributed by atoms with Gasteiger partial charge in [0, 0.05) is 54.9 Å². The number of guanidine groups is 4. The monoisotopic (exact) mass is 1490 g/mol. The number of hydrogen-bond acceptors (Lipinski definition) is 9. The molecule has 0 heterocycles. The normalized spacial score (nSPS) is 27.0. The molecule has 0 aromatic rings. The van der Waals surface area contributed by atoms with E-state index in [2.05, 4.69) is 56.4 Å². The Hall–Kier alpha value is -4.51. The van der Waals surface area contributed by atoms with Gasteiger partial charge in [-0.2, -0.15) is 0 Å². The second-order valence-electron chi connectivity index (χ2n) is 37.0. The van der Waals surface area contributed by atoms with Crippen LogP contribution in [0.4, 0.5) is 0 Å². The summed E-state index contributed by atoms with van der Waals surface area (Å²) in [6.45, 7) is 11.2. The Kier molecular flexibility index (Phi) is 39.1. The van der Waals surface area contributed by atoms with Gasteiger partial charge in [-0.1, -0.05) is 180 Å². The van der Waals surface area contributed by atoms with Crippen molar-refractivity contribution in [2.75, 3.05) is 6.54 Å². The number of hydrogen-bond donors (Lipinski definition) is 9. The van der Waals surface area contributed by atoms with Gasteiger partial charge in [-0.05, 0) is 240 Å². The predicted molar refractivity (Wildman–Crippen MR) is 443 cm³/mol. The van der Waals surface area contributed by atoms with Gasteiger partial charge in [0.05, 0.1) is 35.9 Å². The Morgan fingerprint density at radius 1 is 0.336 bits per heavy atom. The van der Waals surface area contributed by atoms with Crippen LogP contribution in [0.3, 0.4) is 0 Å². The Labute approximate surface area is 651 Å². The van der Waals surface area contributed by atoms with E-state index in [1.54, 1.807) is 0 Å². The van der Waals surface area contributed by atoms with Gasteiger partial charge in [-0.15, -0.1) is 0 Å². The molecule has 0 amide bonds. The fraction of sp³-hybridized carbons (Fsp3) is 0.921. The van der Waals surface area contributed by atoms with Crippen LogP contribution >= 0.6 is 0 Å². The molecule has 612 valence electrons. The average molecular weight is 1490 g/mol. The van der Waals surface area contributed by atoms with Crippen molar-refractivity contribution in [2.45, 2.75) is 498 Å². The fourth-order valence-electron chi connectivity index (χ4n) is 19.6. The molecule has 0 aromatic heterocycles. The van der Waals surface area contributed by atoms with Crippen LogP contribution in [0, 0.1) is 17.8 Å². The van der Waals surface area contributed by atoms with Crippen molar-refractivity contribution in [3.8, 4) is 0 Å². The number of nitrogens with one attached hydrogen (secondary N) is 8. The van der Waals surface area contributed by atoms with Gasteiger partial charge >= 0.3 is 17.9 Å². The summed E-state index contributed by atoms with van der Waals surface area (Å²) in [7, 11) is 0. The van der Waals surface area contributed by atoms with Gasteiger partial charge in [-0.25, -0.2) is 15.0 Å². The topological polar surface area (TPSA) is 236 Å². The summed E-state index contributed by atoms with van der Waals surface area (Å²) in [5, 5.41) is 39.2. The van der Waals surface area contributed by atoms with Crippen molar-refractivity contribution in [3.63, 3.8) is 0 Å². The summed E-state index contributed by atoms with van der Waals surface area (Å²) in [6.07, 6.45) is 73.4. The number of nitrogens with zero attached hydrogens (tertiary/aromatic N) is 4. The third-order valence-electron chi connectivity index (χ3n) is 26.3. The van der Waals surface area contributed by atoms with Crippen molar-refractivity contribution in [1.82, 2.24) is 42.5 Å². The second kappa shape index (κ2) is 48.4. The number of aliphatic imine (C=N–C) groups is 4. The molecule has 0 aliphatic heterocycles. The molecule has 12 fully saturated rings. The number of ether oxygens (including phenoxy) is 2. The summed E-state index contributed by atoms with van der Waals surface area (Å²) < 4.78 is 11.6. The van der Waals surface area contributed by atoms with Crippen LogP contribution in [0.15, 0.2) is 20.0 Å². The van der Waals surface area contributed by atoms with Crippen molar-refractivity contribution >= 4 is 41.7 Å². The highest BCUT2D eigenvalue weighted by Gasteiger charge is 2.38. The molecule has 0 atom stereocenters. The summed E-state index contributed by atoms with van der Waals surface area (Å²) >= 11 is 0. The number of esters is 2. The van der Waals surface area contributed by atoms with Crippen molar-refractivity contribution in [2.24, 2.45) is 37.7 Å². The molecule has 18 heteroatoms. The number of carbonyl (C=O) groups excluding carboxylic acids is 2. The number of carbonyl (C=O) groups is 3. The third kappa shape index (κ3) is 34.2. The first-order valence-corrected chi connectivity index (χ1v) is 46.2. The molecule has 0 aromatic carbocycles. The molecular formula is C89H160N12O6. The quantitative estimate of drug-likeness (QED) is 0.0239. The molecule has 0 saturated heterocycles. The van der Waals surface area contributed by atoms with E-state index in [1.165, 1.54) is 295 Å². The molecule has 0 spiro atoms. The zero-order chi connectivity index (χ0) is 75.2. The predicted octanol–water partition coefficient (Wildman–Crippen LogP) is 19.3. The van der Waals surface area contributed by atoms with Crippen LogP contribution in [-0.2, 0) is 23.9 Å². The van der Waals surface area contributed by atoms with E-state index in [-0.39, 0.29) is 41.3 Å². The average Bonchev–Trinajstić information content (AvgIpc) is 1.82. The zero-order valence-electron chi connectivity index (χ0n) is 69.0. The Morgan fingerprint density at radius 3 is 0.860 bits per heavy atom. The highest BCUT2D eigenvalue weighted by atomic mass is 16.6. The van der Waals surface area contributed by atoms with E-state index < -0.39 is 11.6 Å². The van der Waals surface area contributed by atoms with Crippen molar-refractivity contribution in [1.29, 1.82) is 0 Å². The van der Waals surface area contributed by atoms with E-state index in [9.17, 15) is 19.5 Å². The van der Waals surface area contributed by atoms with Crippen LogP contribution in [0.5, 0.6) is 0 Å². The maximum atomic E-state index is 12.7. The van der Waals surface area contributed by atoms with Crippen molar-refractivity contribution < 1.29 is 29.0 Å². The second-order valence-corrected chi connectivity index (χ2v) is 37.0. The highest BCUT2D eigenvalue weighted by molar-refractivity contribution is 5.82. The minimum atomic E-state index is -0.636. The summed E-state index contributed by atoms with van der Waals surface area (Å²) in [6, 6.07) is 5.61. The Balaban J connectivity index is 0.000000166. The van der Waals surface area contributed by atoms with Gasteiger partial charge in [-0.3, -0.25) is 19.4 Å². The lowest BCUT2D eigenvalue weighted by molar-refractivity contribution is -0.164. The lowest BCUT2D eigenvalue weighted by atomic mass is 9.86. The third-order valence-corrected chi connectivity index (χ3v) is 26.3. The summed E-state index contributed by atoms with van der Waals surface area (Å²) in [5.74, 6) is 3.52. The van der Waals surface area contributed by atoms with E-state index >= 15 is 0 Å². The fourth-order valence-corrected chi connectivity index (χ4v) is 19.6. The van der Waals surface area contributed by atoms with E-state index in [0.717, 1.165) is 120 Å². The molecule has 9 N–H and O–H groups in total. The first kappa shape index (κ1) is 86.5. The van der Waals surface area contributed by atoms with E-state index in [0.29, 0.717) is 60.4 Å². The number of carboxylic acids is 1. The standard InChI is InChI=1S/C26H45N3O2.C24H43N3O2.C20H35N3O2.C19H37N3/c1-26(18-8-9-19-26)31-24(30)20-14-16-23(17-15-20)29-25(27-21-10-4-2-5-11-21)28-22-12-6-3-7-13-22;1-24(2,3)29-22(28)18-14-16-21(17-15-18)27-23(25-19-10-6-4-7-11-19)26-20-12-8-5-9-13-20;24-19(25)15-11-13-18(14-12-15)23-20(21-16-7-3-1-4-8-16)22-17-9-5-2-6-10-17;1-2-3-4-11-16-20-19(21-17-12-7-5-8-13-17)22-18-14-9-6-10-15-18/h20-23H,2-19H2,1H3,(H2,27,28,29);18-21H,4-17H2,1-3H3,(H2,25,26,27);15-18H,1-14H2,(H,24,25)(H2,21,22,23);17-18H,2-16H2,1H3,(H2,20,21,22). The van der Waals surface area contributed by atoms with E-state index in [1.807, 2.05) is 20.8 Å². The highest BCUT2D eigenvalue weighted by Crippen LogP contribution is 2.37. The maximum absolute atomic E-state index is 12.7. The number of carboxylic acid groups (broad SMARTS) is 1. The number of unbranched alkanes of at least 4 members (excludes halogenated alkanes) is 3. The smallest absolute Gasteiger partial charge is 0.309 e. The molecular weight excluding hydrogens is 1330 g/mol. The molecule has 12 rings (SSSR count). The first-order chi connectivity index (χ1) is 52.1. The molecule has 18 nitrogen and oxygen atoms in total. The van der Waals surface area contributed by atoms with Crippen LogP contribution in [-0.4, -0.2) is 131 Å². The maximum Gasteiger partial charge on any atom is 0.309 e. The molecule has 0 bridgehead atoms. The SMILES string of the molecule is CC(C)(C)OC(=O)C1CCC(N=C(NC2CCCCC2)NC2CCCCC2)CC1.CC1(OC(=O)C2CCC(N=C(NC3CCCCC3)NC3CCCCC3)CC2)CCCC1.CCCCCCN=C(NC1CCCCC1)NC1CCCCC1.O=C(O)C1CCC(N=C(NC2CCCCC2)NC2CCCCC2)CC1.